The predicted octanol–water partition coefficient (Wildman–Crippen LogP) is 2.31. The van der Waals surface area contributed by atoms with E-state index < -0.39 is 12.1 Å². The Labute approximate surface area is 94.9 Å². The fraction of sp³-hybridized carbons (Fsp3) is 0.100. The number of halogens is 1. The predicted molar refractivity (Wildman–Crippen MR) is 53.4 cm³/mol. The first-order chi connectivity index (χ1) is 7.58. The number of hydrogen-bond donors (Lipinski definition) is 2. The van der Waals surface area contributed by atoms with Crippen LogP contribution in [0.15, 0.2) is 33.1 Å². The molecule has 6 heteroatoms. The topological polar surface area (TPSA) is 83.8 Å². The first-order valence-electron chi connectivity index (χ1n) is 4.34. The van der Waals surface area contributed by atoms with Crippen LogP contribution in [-0.2, 0) is 0 Å². The molecule has 0 bridgehead atoms. The van der Waals surface area contributed by atoms with Gasteiger partial charge in [0.2, 0.25) is 5.76 Å². The molecular weight excluding hydrogens is 236 g/mol. The second-order valence-corrected chi connectivity index (χ2v) is 3.42. The van der Waals surface area contributed by atoms with E-state index in [1.807, 2.05) is 0 Å². The van der Waals surface area contributed by atoms with Crippen molar-refractivity contribution in [2.75, 3.05) is 0 Å². The summed E-state index contributed by atoms with van der Waals surface area (Å²) in [4.78, 5) is 10.6. The second-order valence-electron chi connectivity index (χ2n) is 3.05. The van der Waals surface area contributed by atoms with Crippen molar-refractivity contribution in [1.82, 2.24) is 0 Å². The van der Waals surface area contributed by atoms with Crippen LogP contribution in [-0.4, -0.2) is 16.2 Å². The standard InChI is InChI=1S/C10H7ClO5/c11-8-4-3-6(16-8)9(12)5-1-2-7(15-5)10(13)14/h1-4,9,12H,(H,13,14). The van der Waals surface area contributed by atoms with Crippen LogP contribution in [0.4, 0.5) is 0 Å². The van der Waals surface area contributed by atoms with Gasteiger partial charge in [0, 0.05) is 0 Å². The fourth-order valence-electron chi connectivity index (χ4n) is 1.23. The van der Waals surface area contributed by atoms with Crippen LogP contribution in [0.25, 0.3) is 0 Å². The zero-order valence-electron chi connectivity index (χ0n) is 7.88. The van der Waals surface area contributed by atoms with Crippen LogP contribution in [0.1, 0.15) is 28.2 Å². The van der Waals surface area contributed by atoms with Gasteiger partial charge in [0.25, 0.3) is 0 Å². The smallest absolute Gasteiger partial charge is 0.371 e. The third kappa shape index (κ3) is 1.95. The normalized spacial score (nSPS) is 12.6. The zero-order chi connectivity index (χ0) is 11.7. The summed E-state index contributed by atoms with van der Waals surface area (Å²) >= 11 is 5.55. The SMILES string of the molecule is O=C(O)c1ccc(C(O)c2ccc(Cl)o2)o1. The highest BCUT2D eigenvalue weighted by Crippen LogP contribution is 2.26. The molecule has 0 aliphatic carbocycles. The van der Waals surface area contributed by atoms with Gasteiger partial charge in [0.1, 0.15) is 11.5 Å². The maximum Gasteiger partial charge on any atom is 0.371 e. The van der Waals surface area contributed by atoms with E-state index in [1.54, 1.807) is 0 Å². The van der Waals surface area contributed by atoms with E-state index in [2.05, 4.69) is 0 Å². The summed E-state index contributed by atoms with van der Waals surface area (Å²) in [5.74, 6) is -1.16. The molecule has 0 aromatic carbocycles. The van der Waals surface area contributed by atoms with E-state index in [4.69, 9.17) is 25.5 Å². The van der Waals surface area contributed by atoms with Gasteiger partial charge >= 0.3 is 5.97 Å². The Morgan fingerprint density at radius 1 is 1.19 bits per heavy atom. The first kappa shape index (κ1) is 10.8. The van der Waals surface area contributed by atoms with Gasteiger partial charge in [0.15, 0.2) is 11.3 Å². The summed E-state index contributed by atoms with van der Waals surface area (Å²) in [6, 6.07) is 5.58. The number of carboxylic acid groups (broad SMARTS) is 1. The third-order valence-corrected chi connectivity index (χ3v) is 2.17. The molecule has 84 valence electrons. The summed E-state index contributed by atoms with van der Waals surface area (Å²) < 4.78 is 9.90. The van der Waals surface area contributed by atoms with Crippen molar-refractivity contribution in [2.24, 2.45) is 0 Å². The van der Waals surface area contributed by atoms with Crippen LogP contribution in [0, 0.1) is 0 Å². The van der Waals surface area contributed by atoms with Gasteiger partial charge in [-0.3, -0.25) is 0 Å². The van der Waals surface area contributed by atoms with Crippen LogP contribution in [0.3, 0.4) is 0 Å². The third-order valence-electron chi connectivity index (χ3n) is 1.97. The van der Waals surface area contributed by atoms with E-state index in [-0.39, 0.29) is 22.5 Å². The maximum absolute atomic E-state index is 10.6. The Kier molecular flexibility index (Phi) is 2.72. The highest BCUT2D eigenvalue weighted by atomic mass is 35.5. The molecule has 0 amide bonds. The van der Waals surface area contributed by atoms with E-state index in [9.17, 15) is 9.90 Å². The molecule has 2 aromatic heterocycles. The van der Waals surface area contributed by atoms with E-state index in [0.717, 1.165) is 0 Å². The second kappa shape index (κ2) is 4.03. The average Bonchev–Trinajstić information content (AvgIpc) is 2.84. The number of aliphatic hydroxyl groups is 1. The number of aromatic carboxylic acids is 1. The lowest BCUT2D eigenvalue weighted by molar-refractivity contribution is 0.0653. The van der Waals surface area contributed by atoms with Gasteiger partial charge in [-0.1, -0.05) is 0 Å². The maximum atomic E-state index is 10.6. The molecule has 0 saturated heterocycles. The summed E-state index contributed by atoms with van der Waals surface area (Å²) in [5, 5.41) is 18.5. The van der Waals surface area contributed by atoms with Crippen molar-refractivity contribution in [3.05, 3.63) is 46.8 Å². The van der Waals surface area contributed by atoms with E-state index in [1.165, 1.54) is 24.3 Å². The Hall–Kier alpha value is -1.72. The van der Waals surface area contributed by atoms with Crippen molar-refractivity contribution in [1.29, 1.82) is 0 Å². The van der Waals surface area contributed by atoms with E-state index in [0.29, 0.717) is 0 Å². The summed E-state index contributed by atoms with van der Waals surface area (Å²) in [5.41, 5.74) is 0. The van der Waals surface area contributed by atoms with Crippen molar-refractivity contribution in [3.8, 4) is 0 Å². The van der Waals surface area contributed by atoms with Gasteiger partial charge in [-0.2, -0.15) is 0 Å². The molecule has 0 radical (unpaired) electrons. The molecule has 0 saturated carbocycles. The molecule has 0 aliphatic heterocycles. The molecule has 2 rings (SSSR count). The minimum atomic E-state index is -1.20. The van der Waals surface area contributed by atoms with Gasteiger partial charge in [-0.15, -0.1) is 0 Å². The highest BCUT2D eigenvalue weighted by molar-refractivity contribution is 6.28. The van der Waals surface area contributed by atoms with Gasteiger partial charge < -0.3 is 19.0 Å². The Bertz CT molecular complexity index is 513. The zero-order valence-corrected chi connectivity index (χ0v) is 8.64. The van der Waals surface area contributed by atoms with Gasteiger partial charge in [-0.05, 0) is 35.9 Å². The fourth-order valence-corrected chi connectivity index (χ4v) is 1.38. The number of hydrogen-bond acceptors (Lipinski definition) is 4. The summed E-state index contributed by atoms with van der Waals surface area (Å²) in [6.45, 7) is 0. The van der Waals surface area contributed by atoms with Crippen molar-refractivity contribution >= 4 is 17.6 Å². The van der Waals surface area contributed by atoms with Crippen LogP contribution in [0.5, 0.6) is 0 Å². The van der Waals surface area contributed by atoms with Crippen LogP contribution in [0.2, 0.25) is 5.22 Å². The molecule has 2 N–H and O–H groups in total. The van der Waals surface area contributed by atoms with Crippen LogP contribution >= 0.6 is 11.6 Å². The molecule has 1 atom stereocenters. The number of rotatable bonds is 3. The lowest BCUT2D eigenvalue weighted by Crippen LogP contribution is -1.96. The molecule has 0 spiro atoms. The Balaban J connectivity index is 2.26. The first-order valence-corrected chi connectivity index (χ1v) is 4.72. The molecule has 0 fully saturated rings. The van der Waals surface area contributed by atoms with Gasteiger partial charge in [0.05, 0.1) is 0 Å². The van der Waals surface area contributed by atoms with Gasteiger partial charge in [-0.25, -0.2) is 4.79 Å². The molecule has 0 aliphatic rings. The monoisotopic (exact) mass is 242 g/mol. The minimum absolute atomic E-state index is 0.0865. The summed E-state index contributed by atoms with van der Waals surface area (Å²) in [6.07, 6.45) is -1.17. The van der Waals surface area contributed by atoms with Crippen molar-refractivity contribution < 1.29 is 23.8 Å². The quantitative estimate of drug-likeness (QED) is 0.863. The Morgan fingerprint density at radius 3 is 2.31 bits per heavy atom. The number of carboxylic acids is 1. The Morgan fingerprint density at radius 2 is 1.81 bits per heavy atom. The number of aliphatic hydroxyl groups excluding tert-OH is 1. The summed E-state index contributed by atoms with van der Waals surface area (Å²) in [7, 11) is 0. The average molecular weight is 243 g/mol. The van der Waals surface area contributed by atoms with Crippen molar-refractivity contribution in [3.63, 3.8) is 0 Å². The number of carbonyl (C=O) groups is 1. The molecule has 2 aromatic rings. The molecule has 1 unspecified atom stereocenters. The molecular formula is C10H7ClO5. The highest BCUT2D eigenvalue weighted by Gasteiger charge is 2.20. The van der Waals surface area contributed by atoms with Crippen LogP contribution < -0.4 is 0 Å². The van der Waals surface area contributed by atoms with Crippen molar-refractivity contribution in [2.45, 2.75) is 6.10 Å². The lowest BCUT2D eigenvalue weighted by atomic mass is 10.2. The number of furan rings is 2. The largest absolute Gasteiger partial charge is 0.475 e. The molecule has 5 nitrogen and oxygen atoms in total. The minimum Gasteiger partial charge on any atom is -0.475 e. The molecule has 16 heavy (non-hydrogen) atoms. The van der Waals surface area contributed by atoms with E-state index >= 15 is 0 Å². The molecule has 2 heterocycles. The lowest BCUT2D eigenvalue weighted by Gasteiger charge is -2.02.